The van der Waals surface area contributed by atoms with E-state index in [1.807, 2.05) is 35.0 Å². The zero-order chi connectivity index (χ0) is 17.8. The standard InChI is InChI=1S/C19H26N6/c1-13(2)19-18(17-6-4-5-11-25(17)24-19)16(20)8-10-22-14(3)23-15-7-9-21-12-15/h4-6,8,10-11,13,15,21,23H,3,7,9,12,20H2,1-2H3/b16-8-,22-10?. The molecule has 2 aromatic rings. The van der Waals surface area contributed by atoms with Crippen molar-refractivity contribution >= 4 is 17.4 Å². The molecule has 3 rings (SSSR count). The van der Waals surface area contributed by atoms with Crippen LogP contribution in [-0.2, 0) is 0 Å². The van der Waals surface area contributed by atoms with E-state index in [2.05, 4.69) is 41.2 Å². The number of allylic oxidation sites excluding steroid dienone is 1. The Bertz CT molecular complexity index is 808. The first-order valence-electron chi connectivity index (χ1n) is 8.70. The van der Waals surface area contributed by atoms with Crippen molar-refractivity contribution in [2.45, 2.75) is 32.2 Å². The lowest BCUT2D eigenvalue weighted by molar-refractivity contribution is 0.611. The summed E-state index contributed by atoms with van der Waals surface area (Å²) in [5, 5.41) is 11.3. The molecule has 1 atom stereocenters. The van der Waals surface area contributed by atoms with Crippen molar-refractivity contribution in [3.63, 3.8) is 0 Å². The first kappa shape index (κ1) is 17.2. The van der Waals surface area contributed by atoms with Crippen molar-refractivity contribution in [3.8, 4) is 0 Å². The zero-order valence-corrected chi connectivity index (χ0v) is 14.9. The van der Waals surface area contributed by atoms with Gasteiger partial charge in [0.05, 0.1) is 11.2 Å². The Morgan fingerprint density at radius 3 is 3.08 bits per heavy atom. The van der Waals surface area contributed by atoms with Crippen LogP contribution in [0, 0.1) is 0 Å². The summed E-state index contributed by atoms with van der Waals surface area (Å²) in [6.45, 7) is 10.2. The Morgan fingerprint density at radius 1 is 1.52 bits per heavy atom. The van der Waals surface area contributed by atoms with Gasteiger partial charge in [0.2, 0.25) is 0 Å². The number of nitrogens with two attached hydrogens (primary N) is 1. The molecular weight excluding hydrogens is 312 g/mol. The molecule has 1 aliphatic heterocycles. The van der Waals surface area contributed by atoms with E-state index in [1.54, 1.807) is 6.21 Å². The van der Waals surface area contributed by atoms with Gasteiger partial charge in [-0.25, -0.2) is 9.51 Å². The van der Waals surface area contributed by atoms with E-state index in [0.717, 1.165) is 36.3 Å². The maximum atomic E-state index is 6.35. The van der Waals surface area contributed by atoms with Crippen molar-refractivity contribution < 1.29 is 0 Å². The van der Waals surface area contributed by atoms with Gasteiger partial charge in [-0.2, -0.15) is 5.10 Å². The molecule has 6 heteroatoms. The van der Waals surface area contributed by atoms with E-state index in [0.29, 0.717) is 17.6 Å². The molecule has 0 radical (unpaired) electrons. The molecule has 3 heterocycles. The van der Waals surface area contributed by atoms with Crippen LogP contribution in [0.1, 0.15) is 37.4 Å². The molecule has 0 aliphatic carbocycles. The van der Waals surface area contributed by atoms with Gasteiger partial charge in [-0.15, -0.1) is 0 Å². The number of nitrogens with one attached hydrogen (secondary N) is 2. The highest BCUT2D eigenvalue weighted by Gasteiger charge is 2.17. The zero-order valence-electron chi connectivity index (χ0n) is 14.9. The van der Waals surface area contributed by atoms with Crippen molar-refractivity contribution in [2.75, 3.05) is 13.1 Å². The van der Waals surface area contributed by atoms with Gasteiger partial charge in [-0.3, -0.25) is 0 Å². The highest BCUT2D eigenvalue weighted by atomic mass is 15.2. The molecule has 0 aromatic carbocycles. The summed E-state index contributed by atoms with van der Waals surface area (Å²) < 4.78 is 1.87. The van der Waals surface area contributed by atoms with Gasteiger partial charge in [0.1, 0.15) is 5.82 Å². The Balaban J connectivity index is 1.79. The Labute approximate surface area is 148 Å². The number of pyridine rings is 1. The van der Waals surface area contributed by atoms with Gasteiger partial charge in [0, 0.05) is 36.3 Å². The molecule has 0 amide bonds. The molecule has 1 saturated heterocycles. The fourth-order valence-corrected chi connectivity index (χ4v) is 3.06. The number of hydrogen-bond donors (Lipinski definition) is 3. The maximum absolute atomic E-state index is 6.35. The normalized spacial score (nSPS) is 18.5. The van der Waals surface area contributed by atoms with Crippen LogP contribution in [-0.4, -0.2) is 35.0 Å². The third kappa shape index (κ3) is 3.91. The largest absolute Gasteiger partial charge is 0.398 e. The fraction of sp³-hybridized carbons (Fsp3) is 0.368. The van der Waals surface area contributed by atoms with Gasteiger partial charge in [-0.1, -0.05) is 26.5 Å². The summed E-state index contributed by atoms with van der Waals surface area (Å²) in [6, 6.07) is 6.38. The molecule has 25 heavy (non-hydrogen) atoms. The van der Waals surface area contributed by atoms with Gasteiger partial charge >= 0.3 is 0 Å². The maximum Gasteiger partial charge on any atom is 0.118 e. The number of fused-ring (bicyclic) bond motifs is 1. The topological polar surface area (TPSA) is 79.7 Å². The molecule has 1 fully saturated rings. The predicted molar refractivity (Wildman–Crippen MR) is 103 cm³/mol. The first-order chi connectivity index (χ1) is 12.1. The lowest BCUT2D eigenvalue weighted by atomic mass is 10.0. The summed E-state index contributed by atoms with van der Waals surface area (Å²) in [6.07, 6.45) is 6.54. The van der Waals surface area contributed by atoms with Gasteiger partial charge in [-0.05, 0) is 37.1 Å². The minimum Gasteiger partial charge on any atom is -0.398 e. The predicted octanol–water partition coefficient (Wildman–Crippen LogP) is 2.25. The minimum absolute atomic E-state index is 0.283. The average Bonchev–Trinajstić information content (AvgIpc) is 3.21. The van der Waals surface area contributed by atoms with E-state index in [1.165, 1.54) is 0 Å². The molecular formula is C19H26N6. The molecule has 1 unspecified atom stereocenters. The van der Waals surface area contributed by atoms with E-state index in [9.17, 15) is 0 Å². The number of nitrogens with zero attached hydrogens (tertiary/aromatic N) is 3. The summed E-state index contributed by atoms with van der Waals surface area (Å²) in [5.74, 6) is 0.937. The van der Waals surface area contributed by atoms with Gasteiger partial charge < -0.3 is 16.4 Å². The first-order valence-corrected chi connectivity index (χ1v) is 8.70. The molecule has 6 nitrogen and oxygen atoms in total. The van der Waals surface area contributed by atoms with Crippen LogP contribution in [0.3, 0.4) is 0 Å². The van der Waals surface area contributed by atoms with E-state index in [-0.39, 0.29) is 5.92 Å². The molecule has 2 aromatic heterocycles. The second-order valence-electron chi connectivity index (χ2n) is 6.63. The van der Waals surface area contributed by atoms with Gasteiger partial charge in [0.15, 0.2) is 0 Å². The van der Waals surface area contributed by atoms with Crippen LogP contribution in [0.5, 0.6) is 0 Å². The summed E-state index contributed by atoms with van der Waals surface area (Å²) in [7, 11) is 0. The lowest BCUT2D eigenvalue weighted by Gasteiger charge is -2.11. The van der Waals surface area contributed by atoms with Crippen molar-refractivity contribution in [1.29, 1.82) is 0 Å². The number of aromatic nitrogens is 2. The minimum atomic E-state index is 0.283. The van der Waals surface area contributed by atoms with Crippen LogP contribution in [0.15, 0.2) is 47.9 Å². The van der Waals surface area contributed by atoms with Crippen LogP contribution in [0.4, 0.5) is 0 Å². The highest BCUT2D eigenvalue weighted by Crippen LogP contribution is 2.26. The van der Waals surface area contributed by atoms with Crippen molar-refractivity contribution in [3.05, 3.63) is 54.1 Å². The van der Waals surface area contributed by atoms with Crippen molar-refractivity contribution in [2.24, 2.45) is 10.7 Å². The Kier molecular flexibility index (Phi) is 5.19. The SMILES string of the molecule is C=C(N=C/C=C(\N)c1c(C(C)C)nn2ccccc12)NC1CCNC1. The quantitative estimate of drug-likeness (QED) is 0.706. The van der Waals surface area contributed by atoms with Crippen LogP contribution >= 0.6 is 0 Å². The Morgan fingerprint density at radius 2 is 2.36 bits per heavy atom. The smallest absolute Gasteiger partial charge is 0.118 e. The summed E-state index contributed by atoms with van der Waals surface area (Å²) in [4.78, 5) is 4.35. The van der Waals surface area contributed by atoms with Crippen molar-refractivity contribution in [1.82, 2.24) is 20.2 Å². The third-order valence-electron chi connectivity index (χ3n) is 4.32. The van der Waals surface area contributed by atoms with E-state index >= 15 is 0 Å². The van der Waals surface area contributed by atoms with Crippen LogP contribution < -0.4 is 16.4 Å². The highest BCUT2D eigenvalue weighted by molar-refractivity contribution is 5.89. The van der Waals surface area contributed by atoms with E-state index < -0.39 is 0 Å². The average molecular weight is 338 g/mol. The Hall–Kier alpha value is -2.60. The molecule has 1 aliphatic rings. The molecule has 0 bridgehead atoms. The second kappa shape index (κ2) is 7.53. The monoisotopic (exact) mass is 338 g/mol. The van der Waals surface area contributed by atoms with Crippen LogP contribution in [0.25, 0.3) is 11.2 Å². The molecule has 0 saturated carbocycles. The molecule has 0 spiro atoms. The summed E-state index contributed by atoms with van der Waals surface area (Å²) in [5.41, 5.74) is 9.97. The number of aliphatic imine (C=N–C) groups is 1. The second-order valence-corrected chi connectivity index (χ2v) is 6.63. The molecule has 4 N–H and O–H groups in total. The lowest BCUT2D eigenvalue weighted by Crippen LogP contribution is -2.29. The number of hydrogen-bond acceptors (Lipinski definition) is 5. The third-order valence-corrected chi connectivity index (χ3v) is 4.32. The van der Waals surface area contributed by atoms with Gasteiger partial charge in [0.25, 0.3) is 0 Å². The molecule has 132 valence electrons. The number of rotatable bonds is 6. The van der Waals surface area contributed by atoms with E-state index in [4.69, 9.17) is 5.73 Å². The summed E-state index contributed by atoms with van der Waals surface area (Å²) >= 11 is 0. The van der Waals surface area contributed by atoms with Crippen LogP contribution in [0.2, 0.25) is 0 Å². The fourth-order valence-electron chi connectivity index (χ4n) is 3.06.